The van der Waals surface area contributed by atoms with Crippen LogP contribution in [0.1, 0.15) is 28.1 Å². The summed E-state index contributed by atoms with van der Waals surface area (Å²) in [6.07, 6.45) is 3.96. The van der Waals surface area contributed by atoms with Gasteiger partial charge in [0.1, 0.15) is 6.54 Å². The lowest BCUT2D eigenvalue weighted by Gasteiger charge is -2.22. The summed E-state index contributed by atoms with van der Waals surface area (Å²) in [6.45, 7) is 2.60. The molecule has 0 unspecified atom stereocenters. The third kappa shape index (κ3) is 4.34. The van der Waals surface area contributed by atoms with E-state index in [0.29, 0.717) is 23.2 Å². The molecule has 0 atom stereocenters. The van der Waals surface area contributed by atoms with E-state index in [4.69, 9.17) is 0 Å². The molecule has 1 N–H and O–H groups in total. The van der Waals surface area contributed by atoms with Gasteiger partial charge in [-0.05, 0) is 48.6 Å². The first-order chi connectivity index (χ1) is 13.1. The van der Waals surface area contributed by atoms with E-state index in [9.17, 15) is 9.59 Å². The monoisotopic (exact) mass is 379 g/mol. The molecule has 2 aromatic carbocycles. The van der Waals surface area contributed by atoms with Gasteiger partial charge in [0.05, 0.1) is 0 Å². The lowest BCUT2D eigenvalue weighted by Crippen LogP contribution is -2.39. The van der Waals surface area contributed by atoms with E-state index in [2.05, 4.69) is 10.3 Å². The predicted octanol–water partition coefficient (Wildman–Crippen LogP) is 4.10. The molecular formula is C21H21N3O2S. The Balaban J connectivity index is 1.51. The highest BCUT2D eigenvalue weighted by molar-refractivity contribution is 7.15. The summed E-state index contributed by atoms with van der Waals surface area (Å²) in [6, 6.07) is 13.7. The maximum atomic E-state index is 13.1. The molecule has 27 heavy (non-hydrogen) atoms. The van der Waals surface area contributed by atoms with Crippen molar-refractivity contribution < 1.29 is 9.59 Å². The lowest BCUT2D eigenvalue weighted by molar-refractivity contribution is -0.116. The predicted molar refractivity (Wildman–Crippen MR) is 108 cm³/mol. The number of thiazole rings is 1. The molecule has 1 fully saturated rings. The van der Waals surface area contributed by atoms with Gasteiger partial charge < -0.3 is 10.2 Å². The molecule has 1 aliphatic carbocycles. The highest BCUT2D eigenvalue weighted by Gasteiger charge is 2.28. The first-order valence-electron chi connectivity index (χ1n) is 9.09. The van der Waals surface area contributed by atoms with Crippen molar-refractivity contribution in [2.45, 2.75) is 19.8 Å². The van der Waals surface area contributed by atoms with Crippen LogP contribution in [0.4, 0.5) is 5.13 Å². The topological polar surface area (TPSA) is 62.3 Å². The van der Waals surface area contributed by atoms with E-state index in [0.717, 1.165) is 28.5 Å². The Bertz CT molecular complexity index is 994. The number of carbonyl (C=O) groups excluding carboxylic acids is 2. The molecular weight excluding hydrogens is 358 g/mol. The number of rotatable bonds is 6. The highest BCUT2D eigenvalue weighted by Crippen LogP contribution is 2.30. The first-order valence-corrected chi connectivity index (χ1v) is 9.90. The molecule has 5 nitrogen and oxygen atoms in total. The molecule has 0 spiro atoms. The second-order valence-corrected chi connectivity index (χ2v) is 8.25. The first kappa shape index (κ1) is 17.7. The Labute approximate surface area is 162 Å². The maximum Gasteiger partial charge on any atom is 0.254 e. The molecule has 1 saturated carbocycles. The van der Waals surface area contributed by atoms with Gasteiger partial charge in [0.2, 0.25) is 5.91 Å². The van der Waals surface area contributed by atoms with Gasteiger partial charge in [0.15, 0.2) is 5.13 Å². The fraction of sp³-hybridized carbons (Fsp3) is 0.286. The molecule has 4 rings (SSSR count). The zero-order valence-corrected chi connectivity index (χ0v) is 16.0. The summed E-state index contributed by atoms with van der Waals surface area (Å²) in [5.41, 5.74) is 0.618. The average Bonchev–Trinajstić information content (AvgIpc) is 3.40. The third-order valence-corrected chi connectivity index (χ3v) is 5.49. The van der Waals surface area contributed by atoms with Crippen LogP contribution in [0.15, 0.2) is 48.7 Å². The largest absolute Gasteiger partial charge is 0.329 e. The van der Waals surface area contributed by atoms with Crippen molar-refractivity contribution in [1.82, 2.24) is 9.88 Å². The number of fused-ring (bicyclic) bond motifs is 1. The van der Waals surface area contributed by atoms with Crippen LogP contribution in [0.5, 0.6) is 0 Å². The van der Waals surface area contributed by atoms with E-state index in [1.165, 1.54) is 11.3 Å². The molecule has 0 bridgehead atoms. The van der Waals surface area contributed by atoms with Crippen LogP contribution in [0.25, 0.3) is 10.8 Å². The number of hydrogen-bond acceptors (Lipinski definition) is 4. The summed E-state index contributed by atoms with van der Waals surface area (Å²) in [5.74, 6) is 0.196. The van der Waals surface area contributed by atoms with Crippen molar-refractivity contribution in [3.8, 4) is 0 Å². The molecule has 138 valence electrons. The van der Waals surface area contributed by atoms with E-state index < -0.39 is 0 Å². The van der Waals surface area contributed by atoms with Crippen LogP contribution < -0.4 is 5.32 Å². The number of nitrogens with one attached hydrogen (secondary N) is 1. The minimum absolute atomic E-state index is 0.0424. The average molecular weight is 379 g/mol. The number of aryl methyl sites for hydroxylation is 1. The van der Waals surface area contributed by atoms with Crippen molar-refractivity contribution in [3.05, 3.63) is 59.1 Å². The number of hydrogen-bond donors (Lipinski definition) is 1. The molecule has 6 heteroatoms. The summed E-state index contributed by atoms with van der Waals surface area (Å²) < 4.78 is 0. The Hall–Kier alpha value is -2.73. The summed E-state index contributed by atoms with van der Waals surface area (Å²) >= 11 is 1.43. The van der Waals surface area contributed by atoms with E-state index in [-0.39, 0.29) is 18.4 Å². The number of amides is 2. The van der Waals surface area contributed by atoms with Gasteiger partial charge in [-0.2, -0.15) is 0 Å². The number of carbonyl (C=O) groups is 2. The Morgan fingerprint density at radius 2 is 1.96 bits per heavy atom. The SMILES string of the molecule is Cc1cnc(NC(=O)CN(CC2CC2)C(=O)c2ccc3ccccc3c2)s1. The number of aromatic nitrogens is 1. The van der Waals surface area contributed by atoms with Gasteiger partial charge in [0, 0.05) is 23.2 Å². The minimum atomic E-state index is -0.209. The normalized spacial score (nSPS) is 13.5. The van der Waals surface area contributed by atoms with Crippen molar-refractivity contribution in [3.63, 3.8) is 0 Å². The zero-order valence-electron chi connectivity index (χ0n) is 15.1. The third-order valence-electron chi connectivity index (χ3n) is 4.66. The second kappa shape index (κ2) is 7.48. The Kier molecular flexibility index (Phi) is 4.90. The van der Waals surface area contributed by atoms with Crippen LogP contribution in [-0.4, -0.2) is 34.8 Å². The summed E-state index contributed by atoms with van der Waals surface area (Å²) in [5, 5.41) is 5.49. The quantitative estimate of drug-likeness (QED) is 0.701. The van der Waals surface area contributed by atoms with Crippen molar-refractivity contribution in [2.75, 3.05) is 18.4 Å². The smallest absolute Gasteiger partial charge is 0.254 e. The molecule has 2 amide bonds. The van der Waals surface area contributed by atoms with Crippen LogP contribution in [-0.2, 0) is 4.79 Å². The summed E-state index contributed by atoms with van der Waals surface area (Å²) in [7, 11) is 0. The van der Waals surface area contributed by atoms with Crippen LogP contribution in [0.2, 0.25) is 0 Å². The van der Waals surface area contributed by atoms with E-state index >= 15 is 0 Å². The molecule has 1 aliphatic rings. The molecule has 0 radical (unpaired) electrons. The number of nitrogens with zero attached hydrogens (tertiary/aromatic N) is 2. The van der Waals surface area contributed by atoms with Gasteiger partial charge >= 0.3 is 0 Å². The van der Waals surface area contributed by atoms with Gasteiger partial charge in [0.25, 0.3) is 5.91 Å². The van der Waals surface area contributed by atoms with Gasteiger partial charge in [-0.1, -0.05) is 30.3 Å². The van der Waals surface area contributed by atoms with Crippen molar-refractivity contribution >= 4 is 39.1 Å². The van der Waals surface area contributed by atoms with Crippen molar-refractivity contribution in [1.29, 1.82) is 0 Å². The van der Waals surface area contributed by atoms with Gasteiger partial charge in [-0.15, -0.1) is 11.3 Å². The maximum absolute atomic E-state index is 13.1. The number of anilines is 1. The molecule has 3 aromatic rings. The molecule has 0 aliphatic heterocycles. The zero-order chi connectivity index (χ0) is 18.8. The highest BCUT2D eigenvalue weighted by atomic mass is 32.1. The number of benzene rings is 2. The fourth-order valence-corrected chi connectivity index (χ4v) is 3.76. The van der Waals surface area contributed by atoms with Gasteiger partial charge in [-0.3, -0.25) is 9.59 Å². The lowest BCUT2D eigenvalue weighted by atomic mass is 10.1. The fourth-order valence-electron chi connectivity index (χ4n) is 3.08. The minimum Gasteiger partial charge on any atom is -0.329 e. The second-order valence-electron chi connectivity index (χ2n) is 7.02. The van der Waals surface area contributed by atoms with E-state index in [1.807, 2.05) is 49.4 Å². The summed E-state index contributed by atoms with van der Waals surface area (Å²) in [4.78, 5) is 32.4. The van der Waals surface area contributed by atoms with Crippen LogP contribution in [0, 0.1) is 12.8 Å². The Morgan fingerprint density at radius 1 is 1.19 bits per heavy atom. The standard InChI is InChI=1S/C21H21N3O2S/c1-14-11-22-21(27-14)23-19(25)13-24(12-15-6-7-15)20(26)18-9-8-16-4-2-3-5-17(16)10-18/h2-5,8-11,15H,6-7,12-13H2,1H3,(H,22,23,25). The Morgan fingerprint density at radius 3 is 2.67 bits per heavy atom. The molecule has 0 saturated heterocycles. The van der Waals surface area contributed by atoms with Crippen molar-refractivity contribution in [2.24, 2.45) is 5.92 Å². The van der Waals surface area contributed by atoms with Gasteiger partial charge in [-0.25, -0.2) is 4.98 Å². The molecule has 1 heterocycles. The molecule has 1 aromatic heterocycles. The van der Waals surface area contributed by atoms with E-state index in [1.54, 1.807) is 11.1 Å². The van der Waals surface area contributed by atoms with Crippen LogP contribution in [0.3, 0.4) is 0 Å². The van der Waals surface area contributed by atoms with Crippen LogP contribution >= 0.6 is 11.3 Å².